The van der Waals surface area contributed by atoms with Crippen LogP contribution < -0.4 is 20.5 Å². The van der Waals surface area contributed by atoms with Crippen LogP contribution in [0.15, 0.2) is 18.3 Å². The van der Waals surface area contributed by atoms with Crippen LogP contribution in [0.25, 0.3) is 10.8 Å². The fourth-order valence-corrected chi connectivity index (χ4v) is 2.12. The summed E-state index contributed by atoms with van der Waals surface area (Å²) < 4.78 is 15.7. The molecule has 6 nitrogen and oxygen atoms in total. The fourth-order valence-electron chi connectivity index (χ4n) is 2.12. The summed E-state index contributed by atoms with van der Waals surface area (Å²) >= 11 is 0. The van der Waals surface area contributed by atoms with Crippen molar-refractivity contribution in [2.24, 2.45) is 0 Å². The highest BCUT2D eigenvalue weighted by atomic mass is 16.5. The molecule has 2 rings (SSSR count). The Labute approximate surface area is 117 Å². The van der Waals surface area contributed by atoms with E-state index in [2.05, 4.69) is 10.3 Å². The number of nitrogens with zero attached hydrogens (tertiary/aromatic N) is 1. The number of rotatable bonds is 6. The number of nitrogen functional groups attached to an aromatic ring is 1. The van der Waals surface area contributed by atoms with Gasteiger partial charge in [0.05, 0.1) is 26.2 Å². The van der Waals surface area contributed by atoms with Crippen LogP contribution in [0.3, 0.4) is 0 Å². The van der Waals surface area contributed by atoms with Gasteiger partial charge in [0.2, 0.25) is 0 Å². The molecule has 6 heteroatoms. The molecule has 0 unspecified atom stereocenters. The number of nitrogens with two attached hydrogens (primary N) is 1. The number of hydrogen-bond acceptors (Lipinski definition) is 6. The first-order chi connectivity index (χ1) is 9.72. The van der Waals surface area contributed by atoms with Crippen LogP contribution in [-0.4, -0.2) is 39.5 Å². The maximum absolute atomic E-state index is 6.11. The minimum Gasteiger partial charge on any atom is -0.493 e. The molecule has 0 aliphatic rings. The van der Waals surface area contributed by atoms with Crippen molar-refractivity contribution in [2.45, 2.75) is 0 Å². The Kier molecular flexibility index (Phi) is 4.47. The van der Waals surface area contributed by atoms with E-state index in [0.717, 1.165) is 10.8 Å². The van der Waals surface area contributed by atoms with Gasteiger partial charge in [-0.2, -0.15) is 0 Å². The average Bonchev–Trinajstić information content (AvgIpc) is 2.47. The molecule has 20 heavy (non-hydrogen) atoms. The third kappa shape index (κ3) is 2.55. The van der Waals surface area contributed by atoms with Gasteiger partial charge in [0.25, 0.3) is 0 Å². The molecule has 1 heterocycles. The van der Waals surface area contributed by atoms with E-state index in [4.69, 9.17) is 19.9 Å². The van der Waals surface area contributed by atoms with Crippen molar-refractivity contribution >= 4 is 22.3 Å². The number of hydrogen-bond donors (Lipinski definition) is 2. The second kappa shape index (κ2) is 6.29. The van der Waals surface area contributed by atoms with E-state index < -0.39 is 0 Å². The molecule has 1 aromatic heterocycles. The Morgan fingerprint density at radius 1 is 1.25 bits per heavy atom. The first-order valence-corrected chi connectivity index (χ1v) is 6.25. The van der Waals surface area contributed by atoms with E-state index in [1.165, 1.54) is 0 Å². The van der Waals surface area contributed by atoms with Crippen molar-refractivity contribution in [1.82, 2.24) is 4.98 Å². The Bertz CT molecular complexity index is 602. The summed E-state index contributed by atoms with van der Waals surface area (Å²) in [6.45, 7) is 1.24. The summed E-state index contributed by atoms with van der Waals surface area (Å²) in [5, 5.41) is 4.89. The number of ether oxygens (including phenoxy) is 3. The Morgan fingerprint density at radius 2 is 2.05 bits per heavy atom. The van der Waals surface area contributed by atoms with E-state index in [9.17, 15) is 0 Å². The number of pyridine rings is 1. The molecule has 0 spiro atoms. The smallest absolute Gasteiger partial charge is 0.168 e. The lowest BCUT2D eigenvalue weighted by Crippen LogP contribution is -2.09. The summed E-state index contributed by atoms with van der Waals surface area (Å²) in [6.07, 6.45) is 1.71. The number of anilines is 2. The number of benzene rings is 1. The molecule has 0 fully saturated rings. The fraction of sp³-hybridized carbons (Fsp3) is 0.357. The molecule has 0 saturated carbocycles. The van der Waals surface area contributed by atoms with Crippen LogP contribution in [0.4, 0.5) is 11.5 Å². The SMILES string of the molecule is COCCNc1nccc2c(OC)c(OC)cc(N)c12. The number of nitrogens with one attached hydrogen (secondary N) is 1. The summed E-state index contributed by atoms with van der Waals surface area (Å²) in [5.74, 6) is 1.96. The van der Waals surface area contributed by atoms with E-state index in [0.29, 0.717) is 36.2 Å². The van der Waals surface area contributed by atoms with Gasteiger partial charge >= 0.3 is 0 Å². The highest BCUT2D eigenvalue weighted by Gasteiger charge is 2.15. The van der Waals surface area contributed by atoms with Crippen molar-refractivity contribution < 1.29 is 14.2 Å². The van der Waals surface area contributed by atoms with Crippen molar-refractivity contribution in [3.63, 3.8) is 0 Å². The Morgan fingerprint density at radius 3 is 2.70 bits per heavy atom. The molecule has 0 atom stereocenters. The van der Waals surface area contributed by atoms with Crippen molar-refractivity contribution in [2.75, 3.05) is 45.5 Å². The van der Waals surface area contributed by atoms with Gasteiger partial charge in [-0.05, 0) is 6.07 Å². The quantitative estimate of drug-likeness (QED) is 0.620. The van der Waals surface area contributed by atoms with Gasteiger partial charge in [0.1, 0.15) is 5.82 Å². The molecular formula is C14H19N3O3. The van der Waals surface area contributed by atoms with E-state index in [1.54, 1.807) is 33.6 Å². The molecular weight excluding hydrogens is 258 g/mol. The van der Waals surface area contributed by atoms with Crippen molar-refractivity contribution in [3.05, 3.63) is 18.3 Å². The zero-order valence-corrected chi connectivity index (χ0v) is 11.9. The molecule has 0 aliphatic carbocycles. The highest BCUT2D eigenvalue weighted by Crippen LogP contribution is 2.41. The van der Waals surface area contributed by atoms with Crippen LogP contribution >= 0.6 is 0 Å². The minimum atomic E-state index is 0.589. The molecule has 0 bridgehead atoms. The zero-order chi connectivity index (χ0) is 14.5. The normalized spacial score (nSPS) is 10.6. The second-order valence-electron chi connectivity index (χ2n) is 4.20. The first-order valence-electron chi connectivity index (χ1n) is 6.25. The van der Waals surface area contributed by atoms with Crippen LogP contribution in [-0.2, 0) is 4.74 Å². The molecule has 0 aliphatic heterocycles. The highest BCUT2D eigenvalue weighted by molar-refractivity contribution is 6.05. The lowest BCUT2D eigenvalue weighted by atomic mass is 10.1. The van der Waals surface area contributed by atoms with Crippen LogP contribution in [0.5, 0.6) is 11.5 Å². The van der Waals surface area contributed by atoms with Crippen molar-refractivity contribution in [1.29, 1.82) is 0 Å². The predicted molar refractivity (Wildman–Crippen MR) is 79.6 cm³/mol. The topological polar surface area (TPSA) is 78.6 Å². The Hall–Kier alpha value is -2.21. The monoisotopic (exact) mass is 277 g/mol. The molecule has 3 N–H and O–H groups in total. The average molecular weight is 277 g/mol. The maximum Gasteiger partial charge on any atom is 0.168 e. The standard InChI is InChI=1S/C14H19N3O3/c1-18-7-6-17-14-12-9(4-5-16-14)13(20-3)11(19-2)8-10(12)15/h4-5,8H,6-7,15H2,1-3H3,(H,16,17). The summed E-state index contributed by atoms with van der Waals surface area (Å²) in [6, 6.07) is 3.60. The van der Waals surface area contributed by atoms with Gasteiger partial charge < -0.3 is 25.3 Å². The third-order valence-corrected chi connectivity index (χ3v) is 3.02. The van der Waals surface area contributed by atoms with Crippen LogP contribution in [0.2, 0.25) is 0 Å². The van der Waals surface area contributed by atoms with Crippen LogP contribution in [0, 0.1) is 0 Å². The first kappa shape index (κ1) is 14.2. The van der Waals surface area contributed by atoms with Crippen molar-refractivity contribution in [3.8, 4) is 11.5 Å². The largest absolute Gasteiger partial charge is 0.493 e. The number of methoxy groups -OCH3 is 3. The van der Waals surface area contributed by atoms with Gasteiger partial charge in [0, 0.05) is 37.0 Å². The molecule has 2 aromatic rings. The van der Waals surface area contributed by atoms with Gasteiger partial charge in [-0.1, -0.05) is 0 Å². The minimum absolute atomic E-state index is 0.589. The Balaban J connectivity index is 2.56. The molecule has 108 valence electrons. The van der Waals surface area contributed by atoms with E-state index >= 15 is 0 Å². The van der Waals surface area contributed by atoms with Gasteiger partial charge in [-0.15, -0.1) is 0 Å². The maximum atomic E-state index is 6.11. The summed E-state index contributed by atoms with van der Waals surface area (Å²) in [5.41, 5.74) is 6.70. The van der Waals surface area contributed by atoms with Gasteiger partial charge in [-0.25, -0.2) is 4.98 Å². The van der Waals surface area contributed by atoms with Gasteiger partial charge in [0.15, 0.2) is 11.5 Å². The number of fused-ring (bicyclic) bond motifs is 1. The molecule has 0 saturated heterocycles. The van der Waals surface area contributed by atoms with Crippen LogP contribution in [0.1, 0.15) is 0 Å². The molecule has 0 amide bonds. The molecule has 0 radical (unpaired) electrons. The third-order valence-electron chi connectivity index (χ3n) is 3.02. The van der Waals surface area contributed by atoms with E-state index in [-0.39, 0.29) is 0 Å². The molecule has 1 aromatic carbocycles. The van der Waals surface area contributed by atoms with Gasteiger partial charge in [-0.3, -0.25) is 0 Å². The summed E-state index contributed by atoms with van der Waals surface area (Å²) in [4.78, 5) is 4.33. The lowest BCUT2D eigenvalue weighted by Gasteiger charge is -2.15. The zero-order valence-electron chi connectivity index (χ0n) is 11.9. The second-order valence-corrected chi connectivity index (χ2v) is 4.20. The predicted octanol–water partition coefficient (Wildman–Crippen LogP) is 1.89. The lowest BCUT2D eigenvalue weighted by molar-refractivity contribution is 0.210. The van der Waals surface area contributed by atoms with E-state index in [1.807, 2.05) is 6.07 Å². The number of aromatic nitrogens is 1. The summed E-state index contributed by atoms with van der Waals surface area (Å²) in [7, 11) is 4.84.